The van der Waals surface area contributed by atoms with Crippen LogP contribution in [0.2, 0.25) is 5.02 Å². The third-order valence-electron chi connectivity index (χ3n) is 5.64. The predicted octanol–water partition coefficient (Wildman–Crippen LogP) is 3.79. The largest absolute Gasteiger partial charge is 0.299 e. The van der Waals surface area contributed by atoms with E-state index in [1.165, 1.54) is 63.8 Å². The Kier molecular flexibility index (Phi) is 3.72. The summed E-state index contributed by atoms with van der Waals surface area (Å²) in [5.74, 6) is 0. The Balaban J connectivity index is 1.26. The van der Waals surface area contributed by atoms with Gasteiger partial charge in [-0.15, -0.1) is 0 Å². The van der Waals surface area contributed by atoms with Crippen molar-refractivity contribution < 1.29 is 0 Å². The lowest BCUT2D eigenvalue weighted by Gasteiger charge is -2.62. The van der Waals surface area contributed by atoms with Crippen LogP contribution in [-0.4, -0.2) is 42.0 Å². The number of hydrogen-bond donors (Lipinski definition) is 0. The maximum absolute atomic E-state index is 6.26. The van der Waals surface area contributed by atoms with Crippen molar-refractivity contribution in [2.75, 3.05) is 26.2 Å². The van der Waals surface area contributed by atoms with Crippen LogP contribution in [0.3, 0.4) is 0 Å². The molecule has 0 aromatic heterocycles. The van der Waals surface area contributed by atoms with Gasteiger partial charge < -0.3 is 0 Å². The van der Waals surface area contributed by atoms with E-state index in [0.29, 0.717) is 5.41 Å². The van der Waals surface area contributed by atoms with Crippen LogP contribution >= 0.6 is 11.6 Å². The molecule has 21 heavy (non-hydrogen) atoms. The molecular weight excluding hydrogens is 280 g/mol. The lowest BCUT2D eigenvalue weighted by molar-refractivity contribution is -0.136. The Morgan fingerprint density at radius 2 is 1.71 bits per heavy atom. The number of hydrogen-bond acceptors (Lipinski definition) is 2. The topological polar surface area (TPSA) is 6.48 Å². The van der Waals surface area contributed by atoms with E-state index in [2.05, 4.69) is 21.9 Å². The summed E-state index contributed by atoms with van der Waals surface area (Å²) < 4.78 is 0. The molecule has 3 fully saturated rings. The first-order chi connectivity index (χ1) is 10.2. The van der Waals surface area contributed by atoms with Crippen LogP contribution < -0.4 is 0 Å². The van der Waals surface area contributed by atoms with E-state index in [1.807, 2.05) is 12.1 Å². The van der Waals surface area contributed by atoms with Crippen molar-refractivity contribution in [2.24, 2.45) is 5.41 Å². The quantitative estimate of drug-likeness (QED) is 0.838. The Bertz CT molecular complexity index is 496. The molecule has 0 bridgehead atoms. The molecule has 2 aliphatic heterocycles. The number of benzene rings is 1. The third-order valence-corrected chi connectivity index (χ3v) is 6.01. The van der Waals surface area contributed by atoms with Gasteiger partial charge >= 0.3 is 0 Å². The average Bonchev–Trinajstić information content (AvgIpc) is 2.43. The Labute approximate surface area is 133 Å². The van der Waals surface area contributed by atoms with Gasteiger partial charge in [0.05, 0.1) is 0 Å². The van der Waals surface area contributed by atoms with Gasteiger partial charge in [-0.25, -0.2) is 0 Å². The van der Waals surface area contributed by atoms with Gasteiger partial charge in [0.25, 0.3) is 0 Å². The summed E-state index contributed by atoms with van der Waals surface area (Å²) in [7, 11) is 0. The zero-order valence-corrected chi connectivity index (χ0v) is 13.5. The molecule has 1 saturated carbocycles. The molecule has 3 aliphatic rings. The summed E-state index contributed by atoms with van der Waals surface area (Å²) in [6.45, 7) is 6.24. The minimum absolute atomic E-state index is 0.624. The van der Waals surface area contributed by atoms with Crippen molar-refractivity contribution in [2.45, 2.75) is 44.7 Å². The first-order valence-electron chi connectivity index (χ1n) is 8.44. The second kappa shape index (κ2) is 5.57. The summed E-state index contributed by atoms with van der Waals surface area (Å²) in [6.07, 6.45) is 7.25. The van der Waals surface area contributed by atoms with Crippen LogP contribution in [0.5, 0.6) is 0 Å². The molecule has 3 heteroatoms. The fourth-order valence-electron chi connectivity index (χ4n) is 4.60. The molecule has 1 aliphatic carbocycles. The molecule has 0 atom stereocenters. The molecule has 1 spiro atoms. The van der Waals surface area contributed by atoms with E-state index >= 15 is 0 Å². The third kappa shape index (κ3) is 2.74. The summed E-state index contributed by atoms with van der Waals surface area (Å²) >= 11 is 6.26. The maximum Gasteiger partial charge on any atom is 0.0451 e. The van der Waals surface area contributed by atoms with Crippen LogP contribution in [0.1, 0.15) is 37.7 Å². The Morgan fingerprint density at radius 3 is 2.43 bits per heavy atom. The monoisotopic (exact) mass is 304 g/mol. The summed E-state index contributed by atoms with van der Waals surface area (Å²) in [5, 5.41) is 0.913. The molecule has 2 heterocycles. The highest BCUT2D eigenvalue weighted by atomic mass is 35.5. The van der Waals surface area contributed by atoms with Crippen LogP contribution in [0.25, 0.3) is 0 Å². The highest BCUT2D eigenvalue weighted by Gasteiger charge is 2.52. The Hall–Kier alpha value is -0.570. The highest BCUT2D eigenvalue weighted by molar-refractivity contribution is 6.31. The van der Waals surface area contributed by atoms with E-state index in [0.717, 1.165) is 17.6 Å². The normalized spacial score (nSPS) is 26.5. The SMILES string of the molecule is Clc1ccccc1CN1CC2(C1)CN(C1CCCCC1)C2. The standard InChI is InChI=1S/C18H25ClN2/c19-17-9-5-4-6-15(17)10-20-11-18(12-20)13-21(14-18)16-7-2-1-3-8-16/h4-6,9,16H,1-3,7-8,10-14H2. The zero-order valence-electron chi connectivity index (χ0n) is 12.7. The average molecular weight is 305 g/mol. The molecule has 1 aromatic carbocycles. The van der Waals surface area contributed by atoms with E-state index < -0.39 is 0 Å². The van der Waals surface area contributed by atoms with Crippen LogP contribution in [0.15, 0.2) is 24.3 Å². The summed E-state index contributed by atoms with van der Waals surface area (Å²) in [6, 6.07) is 9.16. The molecule has 0 unspecified atom stereocenters. The first kappa shape index (κ1) is 14.0. The van der Waals surface area contributed by atoms with Gasteiger partial charge in [0.1, 0.15) is 0 Å². The minimum Gasteiger partial charge on any atom is -0.299 e. The van der Waals surface area contributed by atoms with Crippen molar-refractivity contribution in [3.8, 4) is 0 Å². The van der Waals surface area contributed by atoms with E-state index in [1.54, 1.807) is 0 Å². The molecular formula is C18H25ClN2. The molecule has 2 nitrogen and oxygen atoms in total. The van der Waals surface area contributed by atoms with Crippen molar-refractivity contribution >= 4 is 11.6 Å². The van der Waals surface area contributed by atoms with Gasteiger partial charge in [0.2, 0.25) is 0 Å². The minimum atomic E-state index is 0.624. The van der Waals surface area contributed by atoms with Gasteiger partial charge in [-0.1, -0.05) is 49.1 Å². The predicted molar refractivity (Wildman–Crippen MR) is 87.6 cm³/mol. The summed E-state index contributed by atoms with van der Waals surface area (Å²) in [5.41, 5.74) is 1.90. The number of halogens is 1. The van der Waals surface area contributed by atoms with Gasteiger partial charge in [0.15, 0.2) is 0 Å². The smallest absolute Gasteiger partial charge is 0.0451 e. The zero-order chi connectivity index (χ0) is 14.3. The second-order valence-electron chi connectivity index (χ2n) is 7.43. The van der Waals surface area contributed by atoms with E-state index in [-0.39, 0.29) is 0 Å². The van der Waals surface area contributed by atoms with E-state index in [4.69, 9.17) is 11.6 Å². The van der Waals surface area contributed by atoms with Gasteiger partial charge in [-0.2, -0.15) is 0 Å². The highest BCUT2D eigenvalue weighted by Crippen LogP contribution is 2.43. The molecule has 114 valence electrons. The van der Waals surface area contributed by atoms with Gasteiger partial charge in [0, 0.05) is 49.2 Å². The molecule has 0 amide bonds. The number of rotatable bonds is 3. The lowest BCUT2D eigenvalue weighted by Crippen LogP contribution is -2.73. The van der Waals surface area contributed by atoms with Gasteiger partial charge in [-0.3, -0.25) is 9.80 Å². The Morgan fingerprint density at radius 1 is 1.00 bits per heavy atom. The fraction of sp³-hybridized carbons (Fsp3) is 0.667. The fourth-order valence-corrected chi connectivity index (χ4v) is 4.80. The molecule has 2 saturated heterocycles. The molecule has 0 radical (unpaired) electrons. The van der Waals surface area contributed by atoms with Crippen molar-refractivity contribution in [1.29, 1.82) is 0 Å². The lowest BCUT2D eigenvalue weighted by atomic mass is 9.71. The van der Waals surface area contributed by atoms with Crippen LogP contribution in [-0.2, 0) is 6.54 Å². The van der Waals surface area contributed by atoms with Crippen molar-refractivity contribution in [3.05, 3.63) is 34.9 Å². The molecule has 0 N–H and O–H groups in total. The second-order valence-corrected chi connectivity index (χ2v) is 7.84. The number of nitrogens with zero attached hydrogens (tertiary/aromatic N) is 2. The summed E-state index contributed by atoms with van der Waals surface area (Å²) in [4.78, 5) is 5.31. The van der Waals surface area contributed by atoms with Crippen LogP contribution in [0.4, 0.5) is 0 Å². The van der Waals surface area contributed by atoms with E-state index in [9.17, 15) is 0 Å². The molecule has 1 aromatic rings. The van der Waals surface area contributed by atoms with Crippen LogP contribution in [0, 0.1) is 5.41 Å². The maximum atomic E-state index is 6.26. The van der Waals surface area contributed by atoms with Crippen molar-refractivity contribution in [1.82, 2.24) is 9.80 Å². The number of likely N-dealkylation sites (tertiary alicyclic amines) is 2. The first-order valence-corrected chi connectivity index (χ1v) is 8.82. The van der Waals surface area contributed by atoms with Crippen molar-refractivity contribution in [3.63, 3.8) is 0 Å². The molecule has 4 rings (SSSR count). The van der Waals surface area contributed by atoms with Gasteiger partial charge in [-0.05, 0) is 24.5 Å².